The second kappa shape index (κ2) is 6.63. The third-order valence-electron chi connectivity index (χ3n) is 3.25. The Morgan fingerprint density at radius 1 is 1.38 bits per heavy atom. The van der Waals surface area contributed by atoms with Crippen LogP contribution < -0.4 is 10.9 Å². The van der Waals surface area contributed by atoms with Crippen LogP contribution in [0.5, 0.6) is 0 Å². The highest BCUT2D eigenvalue weighted by Gasteiger charge is 2.14. The third-order valence-corrected chi connectivity index (χ3v) is 4.05. The number of esters is 1. The number of nitrogens with one attached hydrogen (secondary N) is 2. The van der Waals surface area contributed by atoms with Crippen LogP contribution >= 0.6 is 11.3 Å². The monoisotopic (exact) mass is 343 g/mol. The van der Waals surface area contributed by atoms with Crippen LogP contribution in [0.4, 0.5) is 5.13 Å². The zero-order chi connectivity index (χ0) is 17.1. The van der Waals surface area contributed by atoms with E-state index in [0.717, 1.165) is 5.39 Å². The van der Waals surface area contributed by atoms with Gasteiger partial charge in [0.2, 0.25) is 5.55 Å². The van der Waals surface area contributed by atoms with Crippen molar-refractivity contribution in [2.45, 2.75) is 6.42 Å². The number of hydrogen-bond donors (Lipinski definition) is 2. The Morgan fingerprint density at radius 2 is 2.17 bits per heavy atom. The summed E-state index contributed by atoms with van der Waals surface area (Å²) in [5, 5.41) is 13.2. The van der Waals surface area contributed by atoms with Crippen molar-refractivity contribution < 1.29 is 18.7 Å². The molecular formula is C16H13N3O4S. The van der Waals surface area contributed by atoms with Gasteiger partial charge in [0, 0.05) is 10.8 Å². The minimum absolute atomic E-state index is 0.0396. The fourth-order valence-corrected chi connectivity index (χ4v) is 2.78. The normalized spacial score (nSPS) is 10.5. The molecule has 2 N–H and O–H groups in total. The largest absolute Gasteiger partial charge is 0.469 e. The fraction of sp³-hybridized carbons (Fsp3) is 0.125. The molecule has 2 aromatic heterocycles. The molecule has 122 valence electrons. The van der Waals surface area contributed by atoms with Gasteiger partial charge in [0.25, 0.3) is 5.91 Å². The lowest BCUT2D eigenvalue weighted by Crippen LogP contribution is -2.20. The van der Waals surface area contributed by atoms with Crippen molar-refractivity contribution in [3.05, 3.63) is 52.5 Å². The maximum absolute atomic E-state index is 12.4. The number of carbonyl (C=O) groups is 2. The van der Waals surface area contributed by atoms with Gasteiger partial charge in [-0.15, -0.1) is 11.3 Å². The Kier molecular flexibility index (Phi) is 4.39. The van der Waals surface area contributed by atoms with E-state index in [9.17, 15) is 9.59 Å². The van der Waals surface area contributed by atoms with E-state index in [1.165, 1.54) is 18.4 Å². The molecule has 0 spiro atoms. The SMILES string of the molecule is COC(=O)Cc1csc(NC(=O)c2cc3ccccc3oc2=N)n1. The summed E-state index contributed by atoms with van der Waals surface area (Å²) in [4.78, 5) is 27.7. The van der Waals surface area contributed by atoms with Crippen LogP contribution in [-0.2, 0) is 16.0 Å². The van der Waals surface area contributed by atoms with E-state index in [-0.39, 0.29) is 17.5 Å². The summed E-state index contributed by atoms with van der Waals surface area (Å²) in [7, 11) is 1.30. The van der Waals surface area contributed by atoms with Crippen molar-refractivity contribution in [1.29, 1.82) is 5.41 Å². The van der Waals surface area contributed by atoms with Gasteiger partial charge in [0.05, 0.1) is 19.2 Å². The Morgan fingerprint density at radius 3 is 2.96 bits per heavy atom. The molecule has 3 aromatic rings. The molecule has 1 aromatic carbocycles. The Balaban J connectivity index is 1.81. The lowest BCUT2D eigenvalue weighted by atomic mass is 10.2. The number of hydrogen-bond acceptors (Lipinski definition) is 7. The van der Waals surface area contributed by atoms with Crippen LogP contribution in [0.2, 0.25) is 0 Å². The summed E-state index contributed by atoms with van der Waals surface area (Å²) >= 11 is 1.19. The van der Waals surface area contributed by atoms with Gasteiger partial charge in [-0.2, -0.15) is 0 Å². The molecular weight excluding hydrogens is 330 g/mol. The summed E-state index contributed by atoms with van der Waals surface area (Å²) in [6.45, 7) is 0. The van der Waals surface area contributed by atoms with Crippen LogP contribution in [0.1, 0.15) is 16.1 Å². The molecule has 0 aliphatic heterocycles. The highest BCUT2D eigenvalue weighted by molar-refractivity contribution is 7.14. The van der Waals surface area contributed by atoms with E-state index in [2.05, 4.69) is 15.0 Å². The van der Waals surface area contributed by atoms with Crippen LogP contribution in [-0.4, -0.2) is 24.0 Å². The van der Waals surface area contributed by atoms with E-state index in [4.69, 9.17) is 9.83 Å². The Bertz CT molecular complexity index is 977. The number of thiazole rings is 1. The van der Waals surface area contributed by atoms with E-state index in [1.807, 2.05) is 6.07 Å². The summed E-state index contributed by atoms with van der Waals surface area (Å²) in [5.74, 6) is -0.895. The van der Waals surface area contributed by atoms with Gasteiger partial charge < -0.3 is 9.15 Å². The summed E-state index contributed by atoms with van der Waals surface area (Å²) < 4.78 is 9.92. The molecule has 3 rings (SSSR count). The van der Waals surface area contributed by atoms with E-state index in [1.54, 1.807) is 29.6 Å². The number of aromatic nitrogens is 1. The highest BCUT2D eigenvalue weighted by atomic mass is 32.1. The molecule has 1 amide bonds. The molecule has 7 nitrogen and oxygen atoms in total. The number of anilines is 1. The van der Waals surface area contributed by atoms with Crippen LogP contribution in [0.15, 0.2) is 40.1 Å². The van der Waals surface area contributed by atoms with Gasteiger partial charge in [-0.25, -0.2) is 4.98 Å². The summed E-state index contributed by atoms with van der Waals surface area (Å²) in [5.41, 5.74) is 0.932. The molecule has 0 radical (unpaired) electrons. The number of para-hydroxylation sites is 1. The molecule has 0 bridgehead atoms. The van der Waals surface area contributed by atoms with Crippen molar-refractivity contribution in [2.75, 3.05) is 12.4 Å². The molecule has 0 saturated carbocycles. The zero-order valence-electron chi connectivity index (χ0n) is 12.7. The van der Waals surface area contributed by atoms with Gasteiger partial charge in [0.1, 0.15) is 11.1 Å². The van der Waals surface area contributed by atoms with Gasteiger partial charge >= 0.3 is 5.97 Å². The topological polar surface area (TPSA) is 105 Å². The first-order chi connectivity index (χ1) is 11.6. The van der Waals surface area contributed by atoms with E-state index in [0.29, 0.717) is 16.4 Å². The van der Waals surface area contributed by atoms with Crippen molar-refractivity contribution in [2.24, 2.45) is 0 Å². The maximum Gasteiger partial charge on any atom is 0.311 e. The van der Waals surface area contributed by atoms with Gasteiger partial charge in [-0.3, -0.25) is 20.3 Å². The number of methoxy groups -OCH3 is 1. The average Bonchev–Trinajstić information content (AvgIpc) is 3.00. The molecule has 0 unspecified atom stereocenters. The third kappa shape index (κ3) is 3.33. The van der Waals surface area contributed by atoms with E-state index >= 15 is 0 Å². The fourth-order valence-electron chi connectivity index (χ4n) is 2.08. The van der Waals surface area contributed by atoms with Gasteiger partial charge in [-0.1, -0.05) is 18.2 Å². The Labute approximate surface area is 140 Å². The summed E-state index contributed by atoms with van der Waals surface area (Å²) in [6, 6.07) is 8.74. The van der Waals surface area contributed by atoms with Crippen molar-refractivity contribution in [1.82, 2.24) is 4.98 Å². The predicted molar refractivity (Wildman–Crippen MR) is 87.9 cm³/mol. The highest BCUT2D eigenvalue weighted by Crippen LogP contribution is 2.18. The quantitative estimate of drug-likeness (QED) is 0.707. The number of fused-ring (bicyclic) bond motifs is 1. The first-order valence-electron chi connectivity index (χ1n) is 6.97. The molecule has 0 atom stereocenters. The first-order valence-corrected chi connectivity index (χ1v) is 7.85. The molecule has 8 heteroatoms. The standard InChI is InChI=1S/C16H13N3O4S/c1-22-13(20)7-10-8-24-16(18-10)19-15(21)11-6-9-4-2-3-5-12(9)23-14(11)17/h2-6,8,17H,7H2,1H3,(H,18,19,21). The van der Waals surface area contributed by atoms with Crippen LogP contribution in [0.3, 0.4) is 0 Å². The molecule has 0 fully saturated rings. The lowest BCUT2D eigenvalue weighted by Gasteiger charge is -2.03. The van der Waals surface area contributed by atoms with Crippen molar-refractivity contribution >= 4 is 39.3 Å². The average molecular weight is 343 g/mol. The number of amides is 1. The number of nitrogens with zero attached hydrogens (tertiary/aromatic N) is 1. The van der Waals surface area contributed by atoms with Crippen molar-refractivity contribution in [3.63, 3.8) is 0 Å². The minimum atomic E-state index is -0.492. The van der Waals surface area contributed by atoms with Gasteiger partial charge in [-0.05, 0) is 12.1 Å². The predicted octanol–water partition coefficient (Wildman–Crippen LogP) is 2.34. The molecule has 0 saturated heterocycles. The van der Waals surface area contributed by atoms with Crippen LogP contribution in [0.25, 0.3) is 11.0 Å². The van der Waals surface area contributed by atoms with Crippen molar-refractivity contribution in [3.8, 4) is 0 Å². The molecule has 2 heterocycles. The second-order valence-corrected chi connectivity index (χ2v) is 5.74. The number of benzene rings is 1. The minimum Gasteiger partial charge on any atom is -0.469 e. The number of rotatable bonds is 4. The molecule has 0 aliphatic rings. The zero-order valence-corrected chi connectivity index (χ0v) is 13.5. The Hall–Kier alpha value is -3.00. The van der Waals surface area contributed by atoms with E-state index < -0.39 is 11.9 Å². The molecule has 0 aliphatic carbocycles. The number of carbonyl (C=O) groups excluding carboxylic acids is 2. The number of ether oxygens (including phenoxy) is 1. The van der Waals surface area contributed by atoms with Crippen LogP contribution in [0, 0.1) is 5.41 Å². The second-order valence-electron chi connectivity index (χ2n) is 4.88. The molecule has 24 heavy (non-hydrogen) atoms. The first kappa shape index (κ1) is 15.9. The lowest BCUT2D eigenvalue weighted by molar-refractivity contribution is -0.139. The maximum atomic E-state index is 12.4. The van der Waals surface area contributed by atoms with Gasteiger partial charge in [0.15, 0.2) is 5.13 Å². The summed E-state index contributed by atoms with van der Waals surface area (Å²) in [6.07, 6.45) is 0.0396. The smallest absolute Gasteiger partial charge is 0.311 e.